The van der Waals surface area contributed by atoms with Crippen molar-refractivity contribution >= 4 is 32.5 Å². The summed E-state index contributed by atoms with van der Waals surface area (Å²) in [5, 5.41) is 5.48. The topological polar surface area (TPSA) is 24.9 Å². The summed E-state index contributed by atoms with van der Waals surface area (Å²) in [6.07, 6.45) is 1.83. The first kappa shape index (κ1) is 9.46. The molecule has 14 heavy (non-hydrogen) atoms. The van der Waals surface area contributed by atoms with E-state index < -0.39 is 0 Å². The highest BCUT2D eigenvalue weighted by Crippen LogP contribution is 2.30. The molecule has 0 atom stereocenters. The number of nitrogens with one attached hydrogen (secondary N) is 1. The number of aryl methyl sites for hydroxylation is 1. The molecule has 1 aromatic carbocycles. The van der Waals surface area contributed by atoms with E-state index in [0.29, 0.717) is 0 Å². The molecule has 0 radical (unpaired) electrons. The smallest absolute Gasteiger partial charge is 0.134 e. The molecule has 2 rings (SSSR count). The van der Waals surface area contributed by atoms with Crippen LogP contribution in [-0.4, -0.2) is 12.0 Å². The van der Waals surface area contributed by atoms with E-state index in [4.69, 9.17) is 0 Å². The highest BCUT2D eigenvalue weighted by molar-refractivity contribution is 9.10. The molecule has 0 saturated heterocycles. The number of nitrogens with zero attached hydrogens (tertiary/aromatic N) is 1. The lowest BCUT2D eigenvalue weighted by atomic mass is 10.1. The maximum absolute atomic E-state index is 4.29. The second-order valence-electron chi connectivity index (χ2n) is 3.20. The average Bonchev–Trinajstić information content (AvgIpc) is 2.23. The Morgan fingerprint density at radius 2 is 2.07 bits per heavy atom. The Bertz CT molecular complexity index is 480. The molecule has 0 aliphatic carbocycles. The van der Waals surface area contributed by atoms with Crippen LogP contribution in [0.2, 0.25) is 0 Å². The Hall–Kier alpha value is -1.09. The van der Waals surface area contributed by atoms with Gasteiger partial charge >= 0.3 is 0 Å². The summed E-state index contributed by atoms with van der Waals surface area (Å²) in [4.78, 5) is 4.29. The third-order valence-electron chi connectivity index (χ3n) is 2.33. The van der Waals surface area contributed by atoms with Gasteiger partial charge in [0.2, 0.25) is 0 Å². The van der Waals surface area contributed by atoms with Crippen LogP contribution in [0.15, 0.2) is 28.9 Å². The molecule has 0 aliphatic heterocycles. The summed E-state index contributed by atoms with van der Waals surface area (Å²) >= 11 is 3.54. The molecule has 0 unspecified atom stereocenters. The summed E-state index contributed by atoms with van der Waals surface area (Å²) < 4.78 is 1.08. The van der Waals surface area contributed by atoms with Crippen molar-refractivity contribution < 1.29 is 0 Å². The molecule has 2 nitrogen and oxygen atoms in total. The van der Waals surface area contributed by atoms with Crippen molar-refractivity contribution in [3.8, 4) is 0 Å². The molecule has 2 aromatic rings. The Morgan fingerprint density at radius 3 is 2.79 bits per heavy atom. The quantitative estimate of drug-likeness (QED) is 0.840. The minimum absolute atomic E-state index is 0.915. The zero-order chi connectivity index (χ0) is 10.1. The molecule has 1 N–H and O–H groups in total. The molecule has 72 valence electrons. The van der Waals surface area contributed by atoms with E-state index >= 15 is 0 Å². The van der Waals surface area contributed by atoms with Gasteiger partial charge < -0.3 is 5.32 Å². The molecule has 3 heteroatoms. The van der Waals surface area contributed by atoms with Gasteiger partial charge in [-0.15, -0.1) is 0 Å². The van der Waals surface area contributed by atoms with Gasteiger partial charge in [-0.1, -0.05) is 22.0 Å². The minimum Gasteiger partial charge on any atom is -0.373 e. The van der Waals surface area contributed by atoms with Gasteiger partial charge in [0.25, 0.3) is 0 Å². The van der Waals surface area contributed by atoms with Crippen LogP contribution in [0.1, 0.15) is 5.56 Å². The van der Waals surface area contributed by atoms with E-state index in [0.717, 1.165) is 15.7 Å². The summed E-state index contributed by atoms with van der Waals surface area (Å²) in [7, 11) is 1.89. The van der Waals surface area contributed by atoms with Crippen LogP contribution in [0.5, 0.6) is 0 Å². The standard InChI is InChI=1S/C11H11BrN2/c1-7-3-4-9(12)10-8(7)5-6-14-11(10)13-2/h3-6H,1-2H3,(H,13,14). The van der Waals surface area contributed by atoms with Crippen LogP contribution in [0.3, 0.4) is 0 Å². The van der Waals surface area contributed by atoms with Crippen molar-refractivity contribution in [2.75, 3.05) is 12.4 Å². The zero-order valence-electron chi connectivity index (χ0n) is 8.13. The first-order valence-corrected chi connectivity index (χ1v) is 5.25. The highest BCUT2D eigenvalue weighted by Gasteiger charge is 2.06. The number of halogens is 1. The number of anilines is 1. The van der Waals surface area contributed by atoms with Crippen LogP contribution in [0, 0.1) is 6.92 Å². The molecule has 0 saturated carbocycles. The Labute approximate surface area is 91.5 Å². The minimum atomic E-state index is 0.915. The van der Waals surface area contributed by atoms with Crippen molar-refractivity contribution in [3.05, 3.63) is 34.4 Å². The number of rotatable bonds is 1. The second kappa shape index (κ2) is 3.58. The van der Waals surface area contributed by atoms with Crippen molar-refractivity contribution in [2.24, 2.45) is 0 Å². The molecule has 1 aromatic heterocycles. The van der Waals surface area contributed by atoms with Gasteiger partial charge in [0, 0.05) is 23.1 Å². The van der Waals surface area contributed by atoms with E-state index in [-0.39, 0.29) is 0 Å². The molecule has 0 fully saturated rings. The van der Waals surface area contributed by atoms with Crippen molar-refractivity contribution in [3.63, 3.8) is 0 Å². The number of hydrogen-bond donors (Lipinski definition) is 1. The van der Waals surface area contributed by atoms with Crippen molar-refractivity contribution in [1.29, 1.82) is 0 Å². The predicted molar refractivity (Wildman–Crippen MR) is 63.7 cm³/mol. The third kappa shape index (κ3) is 1.38. The lowest BCUT2D eigenvalue weighted by Crippen LogP contribution is -1.94. The first-order chi connectivity index (χ1) is 6.74. The van der Waals surface area contributed by atoms with Crippen LogP contribution < -0.4 is 5.32 Å². The Balaban J connectivity index is 2.92. The Kier molecular flexibility index (Phi) is 2.42. The first-order valence-electron chi connectivity index (χ1n) is 4.45. The molecular weight excluding hydrogens is 240 g/mol. The van der Waals surface area contributed by atoms with Crippen LogP contribution in [0.4, 0.5) is 5.82 Å². The van der Waals surface area contributed by atoms with E-state index in [1.54, 1.807) is 0 Å². The number of benzene rings is 1. The van der Waals surface area contributed by atoms with Gasteiger partial charge in [0.05, 0.1) is 0 Å². The van der Waals surface area contributed by atoms with Gasteiger partial charge in [-0.05, 0) is 30.0 Å². The SMILES string of the molecule is CNc1nccc2c(C)ccc(Br)c12. The Morgan fingerprint density at radius 1 is 1.29 bits per heavy atom. The summed E-state index contributed by atoms with van der Waals surface area (Å²) in [5.41, 5.74) is 1.27. The molecular formula is C11H11BrN2. The largest absolute Gasteiger partial charge is 0.373 e. The van der Waals surface area contributed by atoms with E-state index in [1.807, 2.05) is 19.3 Å². The van der Waals surface area contributed by atoms with Crippen LogP contribution >= 0.6 is 15.9 Å². The fraction of sp³-hybridized carbons (Fsp3) is 0.182. The molecule has 0 aliphatic rings. The maximum Gasteiger partial charge on any atom is 0.134 e. The number of fused-ring (bicyclic) bond motifs is 1. The fourth-order valence-corrected chi connectivity index (χ4v) is 2.13. The summed E-state index contributed by atoms with van der Waals surface area (Å²) in [5.74, 6) is 0.915. The molecule has 1 heterocycles. The summed E-state index contributed by atoms with van der Waals surface area (Å²) in [6, 6.07) is 6.20. The van der Waals surface area contributed by atoms with E-state index in [9.17, 15) is 0 Å². The zero-order valence-corrected chi connectivity index (χ0v) is 9.72. The fourth-order valence-electron chi connectivity index (χ4n) is 1.59. The van der Waals surface area contributed by atoms with Gasteiger partial charge in [-0.2, -0.15) is 0 Å². The normalized spacial score (nSPS) is 10.5. The number of hydrogen-bond acceptors (Lipinski definition) is 2. The lowest BCUT2D eigenvalue weighted by Gasteiger charge is -2.08. The maximum atomic E-state index is 4.29. The van der Waals surface area contributed by atoms with Crippen LogP contribution in [0.25, 0.3) is 10.8 Å². The van der Waals surface area contributed by atoms with Crippen molar-refractivity contribution in [1.82, 2.24) is 4.98 Å². The van der Waals surface area contributed by atoms with Crippen molar-refractivity contribution in [2.45, 2.75) is 6.92 Å². The number of aromatic nitrogens is 1. The van der Waals surface area contributed by atoms with Gasteiger partial charge in [0.1, 0.15) is 5.82 Å². The van der Waals surface area contributed by atoms with Gasteiger partial charge in [0.15, 0.2) is 0 Å². The van der Waals surface area contributed by atoms with Crippen LogP contribution in [-0.2, 0) is 0 Å². The molecule has 0 spiro atoms. The molecule has 0 amide bonds. The van der Waals surface area contributed by atoms with Gasteiger partial charge in [-0.25, -0.2) is 4.98 Å². The summed E-state index contributed by atoms with van der Waals surface area (Å²) in [6.45, 7) is 2.11. The molecule has 0 bridgehead atoms. The third-order valence-corrected chi connectivity index (χ3v) is 2.99. The number of pyridine rings is 1. The van der Waals surface area contributed by atoms with E-state index in [2.05, 4.69) is 45.3 Å². The van der Waals surface area contributed by atoms with E-state index in [1.165, 1.54) is 10.9 Å². The second-order valence-corrected chi connectivity index (χ2v) is 4.05. The van der Waals surface area contributed by atoms with Gasteiger partial charge in [-0.3, -0.25) is 0 Å². The lowest BCUT2D eigenvalue weighted by molar-refractivity contribution is 1.31. The predicted octanol–water partition coefficient (Wildman–Crippen LogP) is 3.35. The highest BCUT2D eigenvalue weighted by atomic mass is 79.9. The monoisotopic (exact) mass is 250 g/mol. The average molecular weight is 251 g/mol.